The van der Waals surface area contributed by atoms with Gasteiger partial charge in [-0.15, -0.1) is 0 Å². The second-order valence-corrected chi connectivity index (χ2v) is 4.58. The Kier molecular flexibility index (Phi) is 2.94. The van der Waals surface area contributed by atoms with Crippen molar-refractivity contribution in [1.29, 1.82) is 0 Å². The Bertz CT molecular complexity index is 110. The molecule has 11 heavy (non-hydrogen) atoms. The van der Waals surface area contributed by atoms with Crippen molar-refractivity contribution in [2.45, 2.75) is 46.1 Å². The molecule has 0 aromatic heterocycles. The molecule has 0 saturated heterocycles. The first-order valence-electron chi connectivity index (χ1n) is 4.85. The Morgan fingerprint density at radius 3 is 2.27 bits per heavy atom. The maximum Gasteiger partial charge on any atom is 0.00441 e. The molecular weight excluding hydrogens is 134 g/mol. The van der Waals surface area contributed by atoms with Crippen molar-refractivity contribution in [1.82, 2.24) is 0 Å². The lowest BCUT2D eigenvalue weighted by atomic mass is 9.75. The quantitative estimate of drug-likeness (QED) is 0.618. The molecule has 1 saturated carbocycles. The van der Waals surface area contributed by atoms with Gasteiger partial charge in [-0.3, -0.25) is 0 Å². The van der Waals surface area contributed by atoms with Crippen molar-refractivity contribution < 1.29 is 0 Å². The smallest absolute Gasteiger partial charge is 0.00441 e. The van der Waals surface area contributed by atoms with Crippen LogP contribution in [0.2, 0.25) is 0 Å². The molecule has 0 aromatic rings. The van der Waals surface area contributed by atoms with Crippen LogP contribution in [0.3, 0.4) is 0 Å². The highest BCUT2D eigenvalue weighted by molar-refractivity contribution is 4.80. The maximum absolute atomic E-state index is 5.95. The normalized spacial score (nSPS) is 39.5. The van der Waals surface area contributed by atoms with E-state index in [1.807, 2.05) is 0 Å². The van der Waals surface area contributed by atoms with Gasteiger partial charge in [0.15, 0.2) is 0 Å². The van der Waals surface area contributed by atoms with Crippen LogP contribution in [0.1, 0.15) is 40.0 Å². The second kappa shape index (κ2) is 3.57. The van der Waals surface area contributed by atoms with Gasteiger partial charge in [0.05, 0.1) is 0 Å². The summed E-state index contributed by atoms with van der Waals surface area (Å²) in [6.45, 7) is 6.96. The molecule has 3 unspecified atom stereocenters. The predicted molar refractivity (Wildman–Crippen MR) is 49.3 cm³/mol. The van der Waals surface area contributed by atoms with E-state index < -0.39 is 0 Å². The summed E-state index contributed by atoms with van der Waals surface area (Å²) in [5.74, 6) is 2.56. The monoisotopic (exact) mass is 155 g/mol. The van der Waals surface area contributed by atoms with Crippen LogP contribution >= 0.6 is 0 Å². The van der Waals surface area contributed by atoms with Crippen molar-refractivity contribution in [3.63, 3.8) is 0 Å². The number of hydrogen-bond donors (Lipinski definition) is 1. The van der Waals surface area contributed by atoms with Gasteiger partial charge in [-0.25, -0.2) is 0 Å². The summed E-state index contributed by atoms with van der Waals surface area (Å²) in [6.07, 6.45) is 3.89. The van der Waals surface area contributed by atoms with Crippen LogP contribution < -0.4 is 5.73 Å². The van der Waals surface area contributed by atoms with Crippen molar-refractivity contribution in [3.8, 4) is 0 Å². The topological polar surface area (TPSA) is 26.0 Å². The van der Waals surface area contributed by atoms with Gasteiger partial charge in [-0.05, 0) is 37.0 Å². The first-order chi connectivity index (χ1) is 5.09. The van der Waals surface area contributed by atoms with Crippen LogP contribution in [0, 0.1) is 17.8 Å². The molecule has 0 aromatic carbocycles. The minimum absolute atomic E-state index is 0.478. The molecule has 1 fully saturated rings. The molecule has 0 radical (unpaired) electrons. The summed E-state index contributed by atoms with van der Waals surface area (Å²) in [7, 11) is 0. The molecule has 0 bridgehead atoms. The van der Waals surface area contributed by atoms with Crippen LogP contribution in [0.4, 0.5) is 0 Å². The Morgan fingerprint density at radius 2 is 1.82 bits per heavy atom. The van der Waals surface area contributed by atoms with Gasteiger partial charge in [-0.2, -0.15) is 0 Å². The molecular formula is C10H21N. The Balaban J connectivity index is 2.43. The molecule has 1 heteroatoms. The summed E-state index contributed by atoms with van der Waals surface area (Å²) in [5, 5.41) is 0. The summed E-state index contributed by atoms with van der Waals surface area (Å²) < 4.78 is 0. The van der Waals surface area contributed by atoms with E-state index in [4.69, 9.17) is 5.73 Å². The van der Waals surface area contributed by atoms with E-state index in [0.717, 1.165) is 17.8 Å². The third kappa shape index (κ3) is 2.48. The summed E-state index contributed by atoms with van der Waals surface area (Å²) in [4.78, 5) is 0. The van der Waals surface area contributed by atoms with E-state index >= 15 is 0 Å². The van der Waals surface area contributed by atoms with Crippen molar-refractivity contribution in [2.24, 2.45) is 23.5 Å². The lowest BCUT2D eigenvalue weighted by Gasteiger charge is -2.33. The standard InChI is InChI=1S/C10H21N/c1-7(2)9-4-8(3)5-10(11)6-9/h7-10H,4-6,11H2,1-3H3. The molecule has 3 atom stereocenters. The van der Waals surface area contributed by atoms with Crippen molar-refractivity contribution >= 4 is 0 Å². The van der Waals surface area contributed by atoms with Gasteiger partial charge in [0.2, 0.25) is 0 Å². The van der Waals surface area contributed by atoms with Gasteiger partial charge < -0.3 is 5.73 Å². The highest BCUT2D eigenvalue weighted by Crippen LogP contribution is 2.32. The molecule has 1 rings (SSSR count). The zero-order valence-electron chi connectivity index (χ0n) is 8.01. The molecule has 0 spiro atoms. The molecule has 0 heterocycles. The van der Waals surface area contributed by atoms with E-state index in [-0.39, 0.29) is 0 Å². The number of nitrogens with two attached hydrogens (primary N) is 1. The van der Waals surface area contributed by atoms with E-state index in [2.05, 4.69) is 20.8 Å². The van der Waals surface area contributed by atoms with Crippen LogP contribution in [0.5, 0.6) is 0 Å². The minimum atomic E-state index is 0.478. The highest BCUT2D eigenvalue weighted by atomic mass is 14.6. The van der Waals surface area contributed by atoms with Gasteiger partial charge >= 0.3 is 0 Å². The van der Waals surface area contributed by atoms with Crippen LogP contribution in [0.15, 0.2) is 0 Å². The molecule has 1 aliphatic carbocycles. The highest BCUT2D eigenvalue weighted by Gasteiger charge is 2.25. The van der Waals surface area contributed by atoms with Crippen LogP contribution in [-0.2, 0) is 0 Å². The fourth-order valence-electron chi connectivity index (χ4n) is 2.26. The third-order valence-electron chi connectivity index (χ3n) is 2.96. The van der Waals surface area contributed by atoms with Gasteiger partial charge in [0.25, 0.3) is 0 Å². The predicted octanol–water partition coefficient (Wildman–Crippen LogP) is 2.41. The van der Waals surface area contributed by atoms with E-state index in [1.54, 1.807) is 0 Å². The zero-order valence-corrected chi connectivity index (χ0v) is 8.01. The molecule has 0 amide bonds. The second-order valence-electron chi connectivity index (χ2n) is 4.58. The Hall–Kier alpha value is -0.0400. The van der Waals surface area contributed by atoms with E-state index in [1.165, 1.54) is 19.3 Å². The lowest BCUT2D eigenvalue weighted by molar-refractivity contribution is 0.204. The molecule has 2 N–H and O–H groups in total. The average Bonchev–Trinajstić information content (AvgIpc) is 1.85. The SMILES string of the molecule is CC1CC(N)CC(C(C)C)C1. The van der Waals surface area contributed by atoms with Gasteiger partial charge in [-0.1, -0.05) is 20.8 Å². The molecule has 66 valence electrons. The molecule has 0 aliphatic heterocycles. The largest absolute Gasteiger partial charge is 0.328 e. The lowest BCUT2D eigenvalue weighted by Crippen LogP contribution is -2.33. The Labute approximate surface area is 70.4 Å². The van der Waals surface area contributed by atoms with Crippen molar-refractivity contribution in [2.75, 3.05) is 0 Å². The first kappa shape index (κ1) is 9.05. The first-order valence-corrected chi connectivity index (χ1v) is 4.85. The summed E-state index contributed by atoms with van der Waals surface area (Å²) in [5.41, 5.74) is 5.95. The van der Waals surface area contributed by atoms with Crippen LogP contribution in [0.25, 0.3) is 0 Å². The Morgan fingerprint density at radius 1 is 1.18 bits per heavy atom. The number of rotatable bonds is 1. The summed E-state index contributed by atoms with van der Waals surface area (Å²) in [6, 6.07) is 0.478. The summed E-state index contributed by atoms with van der Waals surface area (Å²) >= 11 is 0. The van der Waals surface area contributed by atoms with E-state index in [0.29, 0.717) is 6.04 Å². The number of hydrogen-bond acceptors (Lipinski definition) is 1. The molecule has 1 nitrogen and oxygen atoms in total. The average molecular weight is 155 g/mol. The van der Waals surface area contributed by atoms with Crippen molar-refractivity contribution in [3.05, 3.63) is 0 Å². The maximum atomic E-state index is 5.95. The van der Waals surface area contributed by atoms with Gasteiger partial charge in [0.1, 0.15) is 0 Å². The zero-order chi connectivity index (χ0) is 8.43. The third-order valence-corrected chi connectivity index (χ3v) is 2.96. The van der Waals surface area contributed by atoms with Crippen LogP contribution in [-0.4, -0.2) is 6.04 Å². The fourth-order valence-corrected chi connectivity index (χ4v) is 2.26. The van der Waals surface area contributed by atoms with E-state index in [9.17, 15) is 0 Å². The minimum Gasteiger partial charge on any atom is -0.328 e. The molecule has 1 aliphatic rings. The fraction of sp³-hybridized carbons (Fsp3) is 1.00. The van der Waals surface area contributed by atoms with Gasteiger partial charge in [0, 0.05) is 6.04 Å².